The van der Waals surface area contributed by atoms with E-state index < -0.39 is 0 Å². The van der Waals surface area contributed by atoms with Gasteiger partial charge in [-0.25, -0.2) is 0 Å². The van der Waals surface area contributed by atoms with Crippen LogP contribution >= 0.6 is 11.6 Å². The quantitative estimate of drug-likeness (QED) is 0.907. The Hall–Kier alpha value is -1.45. The molecule has 0 aliphatic rings. The van der Waals surface area contributed by atoms with Gasteiger partial charge in [0.15, 0.2) is 0 Å². The summed E-state index contributed by atoms with van der Waals surface area (Å²) in [4.78, 5) is 0. The van der Waals surface area contributed by atoms with Gasteiger partial charge in [0, 0.05) is 5.02 Å². The van der Waals surface area contributed by atoms with Crippen LogP contribution in [0.5, 0.6) is 5.75 Å². The van der Waals surface area contributed by atoms with E-state index in [2.05, 4.69) is 0 Å². The summed E-state index contributed by atoms with van der Waals surface area (Å²) in [7, 11) is 0. The van der Waals surface area contributed by atoms with Crippen LogP contribution in [-0.2, 0) is 0 Å². The van der Waals surface area contributed by atoms with Gasteiger partial charge in [-0.1, -0.05) is 17.7 Å². The van der Waals surface area contributed by atoms with E-state index in [0.717, 1.165) is 11.5 Å². The van der Waals surface area contributed by atoms with Crippen LogP contribution < -0.4 is 10.5 Å². The summed E-state index contributed by atoms with van der Waals surface area (Å²) in [5.41, 5.74) is 5.94. The SMILES string of the molecule is Cc1ccc(C(N)COc2cccc(Cl)c2)o1. The lowest BCUT2D eigenvalue weighted by Gasteiger charge is -2.11. The molecule has 0 radical (unpaired) electrons. The predicted octanol–water partition coefficient (Wildman–Crippen LogP) is 3.32. The van der Waals surface area contributed by atoms with Gasteiger partial charge in [-0.05, 0) is 37.3 Å². The molecular formula is C13H14ClNO2. The molecule has 1 heterocycles. The normalized spacial score (nSPS) is 12.4. The Balaban J connectivity index is 1.94. The van der Waals surface area contributed by atoms with Gasteiger partial charge in [0.2, 0.25) is 0 Å². The molecule has 1 unspecified atom stereocenters. The number of benzene rings is 1. The topological polar surface area (TPSA) is 48.4 Å². The maximum Gasteiger partial charge on any atom is 0.124 e. The van der Waals surface area contributed by atoms with E-state index >= 15 is 0 Å². The summed E-state index contributed by atoms with van der Waals surface area (Å²) in [6, 6.07) is 10.7. The third-order valence-corrected chi connectivity index (χ3v) is 2.59. The average Bonchev–Trinajstić information content (AvgIpc) is 2.73. The standard InChI is InChI=1S/C13H14ClNO2/c1-9-5-6-13(17-9)12(15)8-16-11-4-2-3-10(14)7-11/h2-7,12H,8,15H2,1H3. The van der Waals surface area contributed by atoms with Crippen LogP contribution in [0.15, 0.2) is 40.8 Å². The molecule has 0 aliphatic heterocycles. The molecule has 2 aromatic rings. The van der Waals surface area contributed by atoms with Gasteiger partial charge < -0.3 is 14.9 Å². The largest absolute Gasteiger partial charge is 0.491 e. The fourth-order valence-electron chi connectivity index (χ4n) is 1.48. The van der Waals surface area contributed by atoms with E-state index in [4.69, 9.17) is 26.5 Å². The maximum atomic E-state index is 5.94. The van der Waals surface area contributed by atoms with Gasteiger partial charge in [0.25, 0.3) is 0 Å². The van der Waals surface area contributed by atoms with Gasteiger partial charge in [-0.2, -0.15) is 0 Å². The molecule has 1 aromatic carbocycles. The monoisotopic (exact) mass is 251 g/mol. The molecule has 90 valence electrons. The number of hydrogen-bond acceptors (Lipinski definition) is 3. The molecule has 0 saturated carbocycles. The van der Waals surface area contributed by atoms with E-state index in [1.807, 2.05) is 31.2 Å². The molecule has 0 amide bonds. The molecule has 2 rings (SSSR count). The zero-order chi connectivity index (χ0) is 12.3. The number of rotatable bonds is 4. The second kappa shape index (κ2) is 5.25. The van der Waals surface area contributed by atoms with Crippen LogP contribution in [-0.4, -0.2) is 6.61 Å². The highest BCUT2D eigenvalue weighted by Crippen LogP contribution is 2.19. The van der Waals surface area contributed by atoms with Crippen LogP contribution in [0.25, 0.3) is 0 Å². The Morgan fingerprint density at radius 2 is 2.18 bits per heavy atom. The Morgan fingerprint density at radius 1 is 1.35 bits per heavy atom. The second-order valence-electron chi connectivity index (χ2n) is 3.82. The Bertz CT molecular complexity index is 496. The smallest absolute Gasteiger partial charge is 0.124 e. The highest BCUT2D eigenvalue weighted by atomic mass is 35.5. The molecule has 3 nitrogen and oxygen atoms in total. The molecule has 17 heavy (non-hydrogen) atoms. The van der Waals surface area contributed by atoms with Gasteiger partial charge in [-0.15, -0.1) is 0 Å². The minimum absolute atomic E-state index is 0.275. The van der Waals surface area contributed by atoms with Crippen LogP contribution in [0, 0.1) is 6.92 Å². The first-order valence-electron chi connectivity index (χ1n) is 5.35. The number of ether oxygens (including phenoxy) is 1. The number of furan rings is 1. The Morgan fingerprint density at radius 3 is 2.82 bits per heavy atom. The third-order valence-electron chi connectivity index (χ3n) is 2.35. The summed E-state index contributed by atoms with van der Waals surface area (Å²) in [6.07, 6.45) is 0. The van der Waals surface area contributed by atoms with Crippen molar-refractivity contribution < 1.29 is 9.15 Å². The molecule has 2 N–H and O–H groups in total. The van der Waals surface area contributed by atoms with Crippen molar-refractivity contribution >= 4 is 11.6 Å². The van der Waals surface area contributed by atoms with Gasteiger partial charge >= 0.3 is 0 Å². The van der Waals surface area contributed by atoms with Crippen molar-refractivity contribution in [1.82, 2.24) is 0 Å². The number of nitrogens with two attached hydrogens (primary N) is 1. The minimum Gasteiger partial charge on any atom is -0.491 e. The van der Waals surface area contributed by atoms with E-state index in [0.29, 0.717) is 17.4 Å². The number of aryl methyl sites for hydroxylation is 1. The summed E-state index contributed by atoms with van der Waals surface area (Å²) < 4.78 is 11.0. The lowest BCUT2D eigenvalue weighted by molar-refractivity contribution is 0.271. The third kappa shape index (κ3) is 3.25. The maximum absolute atomic E-state index is 5.94. The van der Waals surface area contributed by atoms with Gasteiger partial charge in [0.1, 0.15) is 23.9 Å². The highest BCUT2D eigenvalue weighted by molar-refractivity contribution is 6.30. The van der Waals surface area contributed by atoms with Crippen LogP contribution in [0.2, 0.25) is 5.02 Å². The first-order chi connectivity index (χ1) is 8.15. The van der Waals surface area contributed by atoms with Crippen molar-refractivity contribution in [3.63, 3.8) is 0 Å². The lowest BCUT2D eigenvalue weighted by atomic mass is 10.2. The summed E-state index contributed by atoms with van der Waals surface area (Å²) in [6.45, 7) is 2.24. The van der Waals surface area contributed by atoms with Crippen LogP contribution in [0.4, 0.5) is 0 Å². The zero-order valence-electron chi connectivity index (χ0n) is 9.52. The fourth-order valence-corrected chi connectivity index (χ4v) is 1.66. The van der Waals surface area contributed by atoms with Crippen molar-refractivity contribution in [2.45, 2.75) is 13.0 Å². The summed E-state index contributed by atoms with van der Waals surface area (Å²) in [5, 5.41) is 0.643. The molecule has 4 heteroatoms. The molecular weight excluding hydrogens is 238 g/mol. The Kier molecular flexibility index (Phi) is 3.71. The highest BCUT2D eigenvalue weighted by Gasteiger charge is 2.10. The number of halogens is 1. The minimum atomic E-state index is -0.275. The van der Waals surface area contributed by atoms with Crippen LogP contribution in [0.1, 0.15) is 17.6 Å². The van der Waals surface area contributed by atoms with Crippen molar-refractivity contribution in [3.05, 3.63) is 52.9 Å². The molecule has 1 aromatic heterocycles. The lowest BCUT2D eigenvalue weighted by Crippen LogP contribution is -2.18. The molecule has 0 bridgehead atoms. The molecule has 0 spiro atoms. The molecule has 0 fully saturated rings. The van der Waals surface area contributed by atoms with E-state index in [1.165, 1.54) is 0 Å². The van der Waals surface area contributed by atoms with Crippen molar-refractivity contribution in [2.24, 2.45) is 5.73 Å². The van der Waals surface area contributed by atoms with Crippen LogP contribution in [0.3, 0.4) is 0 Å². The predicted molar refractivity (Wildman–Crippen MR) is 67.3 cm³/mol. The summed E-state index contributed by atoms with van der Waals surface area (Å²) >= 11 is 5.85. The van der Waals surface area contributed by atoms with Gasteiger partial charge in [-0.3, -0.25) is 0 Å². The van der Waals surface area contributed by atoms with E-state index in [9.17, 15) is 0 Å². The second-order valence-corrected chi connectivity index (χ2v) is 4.26. The Labute approximate surface area is 105 Å². The average molecular weight is 252 g/mol. The van der Waals surface area contributed by atoms with Crippen molar-refractivity contribution in [1.29, 1.82) is 0 Å². The van der Waals surface area contributed by atoms with E-state index in [1.54, 1.807) is 12.1 Å². The first-order valence-corrected chi connectivity index (χ1v) is 5.73. The molecule has 0 saturated heterocycles. The van der Waals surface area contributed by atoms with E-state index in [-0.39, 0.29) is 6.04 Å². The van der Waals surface area contributed by atoms with Crippen molar-refractivity contribution in [3.8, 4) is 5.75 Å². The molecule has 0 aliphatic carbocycles. The molecule has 1 atom stereocenters. The fraction of sp³-hybridized carbons (Fsp3) is 0.231. The zero-order valence-corrected chi connectivity index (χ0v) is 10.3. The van der Waals surface area contributed by atoms with Gasteiger partial charge in [0.05, 0.1) is 6.04 Å². The number of hydrogen-bond donors (Lipinski definition) is 1. The van der Waals surface area contributed by atoms with Crippen molar-refractivity contribution in [2.75, 3.05) is 6.61 Å². The first kappa shape index (κ1) is 12.0. The summed E-state index contributed by atoms with van der Waals surface area (Å²) in [5.74, 6) is 2.28.